The van der Waals surface area contributed by atoms with Crippen molar-refractivity contribution in [3.63, 3.8) is 0 Å². The van der Waals surface area contributed by atoms with Crippen molar-refractivity contribution in [1.29, 1.82) is 0 Å². The molecule has 1 aromatic heterocycles. The van der Waals surface area contributed by atoms with Gasteiger partial charge in [-0.25, -0.2) is 4.98 Å². The molecular weight excluding hydrogens is 411 g/mol. The Morgan fingerprint density at radius 2 is 1.87 bits per heavy atom. The van der Waals surface area contributed by atoms with Crippen molar-refractivity contribution in [1.82, 2.24) is 14.9 Å². The number of H-pyrrole nitrogens is 1. The van der Waals surface area contributed by atoms with E-state index >= 15 is 0 Å². The maximum Gasteiger partial charge on any atom is 0.416 e. The number of hydrogen-bond acceptors (Lipinski definition) is 4. The Morgan fingerprint density at radius 3 is 2.57 bits per heavy atom. The van der Waals surface area contributed by atoms with E-state index in [2.05, 4.69) is 27.0 Å². The van der Waals surface area contributed by atoms with Crippen LogP contribution in [0, 0.1) is 0 Å². The third-order valence-corrected chi connectivity index (χ3v) is 6.06. The van der Waals surface area contributed by atoms with Gasteiger partial charge in [-0.05, 0) is 36.4 Å². The van der Waals surface area contributed by atoms with Crippen LogP contribution in [0.1, 0.15) is 22.4 Å². The Morgan fingerprint density at radius 1 is 1.13 bits per heavy atom. The van der Waals surface area contributed by atoms with Gasteiger partial charge in [0.1, 0.15) is 5.82 Å². The molecule has 2 heterocycles. The van der Waals surface area contributed by atoms with Crippen molar-refractivity contribution in [2.24, 2.45) is 0 Å². The zero-order chi connectivity index (χ0) is 21.3. The number of nitrogens with zero attached hydrogens (tertiary/aromatic N) is 2. The molecule has 0 amide bonds. The lowest BCUT2D eigenvalue weighted by molar-refractivity contribution is -0.137. The van der Waals surface area contributed by atoms with Crippen LogP contribution in [0.2, 0.25) is 0 Å². The van der Waals surface area contributed by atoms with Crippen LogP contribution in [0.5, 0.6) is 0 Å². The Bertz CT molecular complexity index is 1110. The number of aromatic amines is 1. The summed E-state index contributed by atoms with van der Waals surface area (Å²) in [5.74, 6) is 0.291. The van der Waals surface area contributed by atoms with Crippen LogP contribution in [0.25, 0.3) is 11.4 Å². The predicted molar refractivity (Wildman–Crippen MR) is 111 cm³/mol. The van der Waals surface area contributed by atoms with Crippen molar-refractivity contribution in [3.8, 4) is 11.4 Å². The van der Waals surface area contributed by atoms with E-state index in [4.69, 9.17) is 0 Å². The van der Waals surface area contributed by atoms with Gasteiger partial charge in [0.05, 0.1) is 11.3 Å². The van der Waals surface area contributed by atoms with E-state index in [1.165, 1.54) is 22.6 Å². The van der Waals surface area contributed by atoms with E-state index in [0.717, 1.165) is 25.2 Å². The van der Waals surface area contributed by atoms with Crippen molar-refractivity contribution >= 4 is 11.8 Å². The number of thioether (sulfide) groups is 1. The van der Waals surface area contributed by atoms with E-state index < -0.39 is 11.7 Å². The maximum absolute atomic E-state index is 12.8. The Kier molecular flexibility index (Phi) is 5.71. The summed E-state index contributed by atoms with van der Waals surface area (Å²) in [6, 6.07) is 12.9. The molecule has 1 aliphatic heterocycles. The van der Waals surface area contributed by atoms with E-state index in [1.54, 1.807) is 11.8 Å². The van der Waals surface area contributed by atoms with Gasteiger partial charge < -0.3 is 4.98 Å². The second-order valence-electron chi connectivity index (χ2n) is 7.19. The molecule has 0 radical (unpaired) electrons. The molecule has 0 spiro atoms. The smallest absolute Gasteiger partial charge is 0.306 e. The lowest BCUT2D eigenvalue weighted by Gasteiger charge is -2.28. The van der Waals surface area contributed by atoms with Crippen molar-refractivity contribution in [2.45, 2.75) is 30.6 Å². The first-order valence-corrected chi connectivity index (χ1v) is 10.7. The second kappa shape index (κ2) is 8.28. The van der Waals surface area contributed by atoms with Crippen molar-refractivity contribution < 1.29 is 13.2 Å². The summed E-state index contributed by atoms with van der Waals surface area (Å²) in [6.07, 6.45) is -1.77. The number of halogens is 3. The molecule has 0 saturated heterocycles. The molecule has 2 aromatic carbocycles. The highest BCUT2D eigenvalue weighted by atomic mass is 32.2. The van der Waals surface area contributed by atoms with Gasteiger partial charge in [-0.15, -0.1) is 11.8 Å². The summed E-state index contributed by atoms with van der Waals surface area (Å²) >= 11 is 1.70. The normalized spacial score (nSPS) is 14.5. The second-order valence-corrected chi connectivity index (χ2v) is 8.04. The topological polar surface area (TPSA) is 49.0 Å². The third-order valence-electron chi connectivity index (χ3n) is 5.22. The fourth-order valence-corrected chi connectivity index (χ4v) is 4.27. The summed E-state index contributed by atoms with van der Waals surface area (Å²) < 4.78 is 38.4. The standard InChI is InChI=1S/C22H20F3N3OS/c1-30-19-5-3-2-4-15(19)12-28-11-10-17-18(13-28)26-20(27-21(17)29)14-6-8-16(9-7-14)22(23,24)25/h2-9H,10-13H2,1H3,(H,26,27,29). The average Bonchev–Trinajstić information content (AvgIpc) is 2.73. The van der Waals surface area contributed by atoms with Crippen LogP contribution in [0.15, 0.2) is 58.2 Å². The number of hydrogen-bond donors (Lipinski definition) is 1. The highest BCUT2D eigenvalue weighted by Crippen LogP contribution is 2.30. The van der Waals surface area contributed by atoms with E-state index in [9.17, 15) is 18.0 Å². The number of rotatable bonds is 4. The lowest BCUT2D eigenvalue weighted by Crippen LogP contribution is -2.35. The summed E-state index contributed by atoms with van der Waals surface area (Å²) in [4.78, 5) is 23.3. The van der Waals surface area contributed by atoms with Crippen molar-refractivity contribution in [3.05, 3.63) is 81.3 Å². The van der Waals surface area contributed by atoms with Crippen LogP contribution in [-0.2, 0) is 25.7 Å². The highest BCUT2D eigenvalue weighted by Gasteiger charge is 2.30. The summed E-state index contributed by atoms with van der Waals surface area (Å²) in [7, 11) is 0. The van der Waals surface area contributed by atoms with Crippen LogP contribution in [-0.4, -0.2) is 27.7 Å². The SMILES string of the molecule is CSc1ccccc1CN1CCc2c(nc(-c3ccc(C(F)(F)F)cc3)[nH]c2=O)C1. The molecular formula is C22H20F3N3OS. The quantitative estimate of drug-likeness (QED) is 0.607. The number of aromatic nitrogens is 2. The summed E-state index contributed by atoms with van der Waals surface area (Å²) in [6.45, 7) is 2.02. The summed E-state index contributed by atoms with van der Waals surface area (Å²) in [5, 5.41) is 0. The van der Waals surface area contributed by atoms with Gasteiger partial charge in [-0.1, -0.05) is 30.3 Å². The highest BCUT2D eigenvalue weighted by molar-refractivity contribution is 7.98. The molecule has 0 atom stereocenters. The van der Waals surface area contributed by atoms with Gasteiger partial charge in [-0.2, -0.15) is 13.2 Å². The van der Waals surface area contributed by atoms with Gasteiger partial charge in [-0.3, -0.25) is 9.69 Å². The molecule has 0 saturated carbocycles. The lowest BCUT2D eigenvalue weighted by atomic mass is 10.0. The van der Waals surface area contributed by atoms with Gasteiger partial charge in [0.25, 0.3) is 5.56 Å². The molecule has 0 unspecified atom stereocenters. The molecule has 3 aromatic rings. The predicted octanol–water partition coefficient (Wildman–Crippen LogP) is 4.74. The van der Waals surface area contributed by atoms with Crippen LogP contribution >= 0.6 is 11.8 Å². The molecule has 0 aliphatic carbocycles. The molecule has 4 nitrogen and oxygen atoms in total. The average molecular weight is 431 g/mol. The first-order valence-electron chi connectivity index (χ1n) is 9.49. The van der Waals surface area contributed by atoms with Crippen LogP contribution in [0.3, 0.4) is 0 Å². The minimum Gasteiger partial charge on any atom is -0.306 e. The monoisotopic (exact) mass is 431 g/mol. The summed E-state index contributed by atoms with van der Waals surface area (Å²) in [5.41, 5.74) is 2.06. The fourth-order valence-electron chi connectivity index (χ4n) is 3.66. The minimum absolute atomic E-state index is 0.223. The van der Waals surface area contributed by atoms with Crippen LogP contribution in [0.4, 0.5) is 13.2 Å². The van der Waals surface area contributed by atoms with Gasteiger partial charge in [0.2, 0.25) is 0 Å². The van der Waals surface area contributed by atoms with Gasteiger partial charge in [0.15, 0.2) is 0 Å². The molecule has 1 N–H and O–H groups in total. The van der Waals surface area contributed by atoms with E-state index in [-0.39, 0.29) is 5.56 Å². The maximum atomic E-state index is 12.8. The first-order chi connectivity index (χ1) is 14.3. The molecule has 30 heavy (non-hydrogen) atoms. The molecule has 0 bridgehead atoms. The largest absolute Gasteiger partial charge is 0.416 e. The van der Waals surface area contributed by atoms with Crippen molar-refractivity contribution in [2.75, 3.05) is 12.8 Å². The zero-order valence-electron chi connectivity index (χ0n) is 16.3. The van der Waals surface area contributed by atoms with E-state index in [1.807, 2.05) is 18.4 Å². The van der Waals surface area contributed by atoms with E-state index in [0.29, 0.717) is 35.6 Å². The first kappa shape index (κ1) is 20.7. The van der Waals surface area contributed by atoms with Gasteiger partial charge >= 0.3 is 6.18 Å². The Hall–Kier alpha value is -2.58. The Labute approximate surface area is 176 Å². The minimum atomic E-state index is -4.40. The fraction of sp³-hybridized carbons (Fsp3) is 0.273. The molecule has 0 fully saturated rings. The number of fused-ring (bicyclic) bond motifs is 1. The van der Waals surface area contributed by atoms with Crippen LogP contribution < -0.4 is 5.56 Å². The number of benzene rings is 2. The number of nitrogens with one attached hydrogen (secondary N) is 1. The molecule has 4 rings (SSSR count). The molecule has 8 heteroatoms. The Balaban J connectivity index is 1.60. The molecule has 156 valence electrons. The molecule has 1 aliphatic rings. The number of alkyl halides is 3. The third kappa shape index (κ3) is 4.29. The van der Waals surface area contributed by atoms with Gasteiger partial charge in [0, 0.05) is 35.7 Å². The zero-order valence-corrected chi connectivity index (χ0v) is 17.1.